The van der Waals surface area contributed by atoms with Gasteiger partial charge in [0.25, 0.3) is 5.88 Å². The number of nitriles is 1. The van der Waals surface area contributed by atoms with Gasteiger partial charge in [-0.15, -0.1) is 0 Å². The minimum Gasteiger partial charge on any atom is -0.467 e. The average molecular weight is 439 g/mol. The SMILES string of the molecule is Cc1ccc2c(c1)[C@@H](C)Oc1nc(cnc1N)-c1c(nn(C)c1C#N)N(C)S(C)(=O)=N2. The zero-order valence-corrected chi connectivity index (χ0v) is 18.6. The molecule has 0 radical (unpaired) electrons. The Kier molecular flexibility index (Phi) is 4.82. The standard InChI is InChI=1S/C20H22N8O2S/c1-11-6-7-14-13(8-11)12(2)30-20-18(22)23-10-15(24-20)17-16(9-21)27(3)25-19(17)28(4)31(5,29)26-14/h6-8,10,12H,1-5H3,(H2,22,23)/t12-,31?/m1/s1. The van der Waals surface area contributed by atoms with Crippen LogP contribution in [-0.4, -0.2) is 37.3 Å². The second-order valence-corrected chi connectivity index (χ2v) is 9.66. The van der Waals surface area contributed by atoms with E-state index in [1.165, 1.54) is 21.4 Å². The fraction of sp³-hybridized carbons (Fsp3) is 0.300. The lowest BCUT2D eigenvalue weighted by molar-refractivity contribution is 0.219. The molecule has 10 nitrogen and oxygen atoms in total. The Morgan fingerprint density at radius 1 is 1.32 bits per heavy atom. The van der Waals surface area contributed by atoms with Crippen LogP contribution in [0.25, 0.3) is 11.3 Å². The van der Waals surface area contributed by atoms with E-state index in [-0.39, 0.29) is 17.4 Å². The molecule has 11 heteroatoms. The summed E-state index contributed by atoms with van der Waals surface area (Å²) in [6.45, 7) is 3.79. The summed E-state index contributed by atoms with van der Waals surface area (Å²) >= 11 is 0. The van der Waals surface area contributed by atoms with Crippen molar-refractivity contribution in [1.29, 1.82) is 5.26 Å². The van der Waals surface area contributed by atoms with Crippen LogP contribution in [0.2, 0.25) is 0 Å². The number of anilines is 2. The van der Waals surface area contributed by atoms with Crippen LogP contribution in [0.4, 0.5) is 17.3 Å². The number of nitrogens with zero attached hydrogens (tertiary/aromatic N) is 7. The van der Waals surface area contributed by atoms with Crippen LogP contribution in [0.3, 0.4) is 0 Å². The van der Waals surface area contributed by atoms with Crippen LogP contribution in [0, 0.1) is 18.3 Å². The summed E-state index contributed by atoms with van der Waals surface area (Å²) in [4.78, 5) is 8.74. The normalized spacial score (nSPS) is 20.3. The zero-order valence-electron chi connectivity index (χ0n) is 17.8. The number of hydrogen-bond donors (Lipinski definition) is 1. The van der Waals surface area contributed by atoms with Gasteiger partial charge in [-0.25, -0.2) is 14.2 Å². The fourth-order valence-electron chi connectivity index (χ4n) is 3.40. The molecular weight excluding hydrogens is 416 g/mol. The topological polar surface area (TPSA) is 135 Å². The number of nitrogens with two attached hydrogens (primary N) is 1. The first kappa shape index (κ1) is 20.6. The summed E-state index contributed by atoms with van der Waals surface area (Å²) in [5, 5.41) is 14.2. The summed E-state index contributed by atoms with van der Waals surface area (Å²) in [6, 6.07) is 7.76. The van der Waals surface area contributed by atoms with Crippen LogP contribution in [0.5, 0.6) is 5.88 Å². The summed E-state index contributed by atoms with van der Waals surface area (Å²) in [5.41, 5.74) is 9.26. The summed E-state index contributed by atoms with van der Waals surface area (Å²) < 4.78 is 27.2. The van der Waals surface area contributed by atoms with E-state index in [2.05, 4.69) is 25.5 Å². The van der Waals surface area contributed by atoms with Gasteiger partial charge in [0.2, 0.25) is 0 Å². The Morgan fingerprint density at radius 2 is 2.06 bits per heavy atom. The van der Waals surface area contributed by atoms with E-state index in [1.807, 2.05) is 26.0 Å². The molecule has 3 aromatic rings. The molecule has 31 heavy (non-hydrogen) atoms. The van der Waals surface area contributed by atoms with E-state index in [1.54, 1.807) is 20.2 Å². The van der Waals surface area contributed by atoms with Gasteiger partial charge in [-0.2, -0.15) is 14.7 Å². The third-order valence-electron chi connectivity index (χ3n) is 5.14. The van der Waals surface area contributed by atoms with Crippen molar-refractivity contribution in [3.63, 3.8) is 0 Å². The summed E-state index contributed by atoms with van der Waals surface area (Å²) in [6.07, 6.45) is 2.48. The van der Waals surface area contributed by atoms with Crippen molar-refractivity contribution in [3.8, 4) is 23.2 Å². The van der Waals surface area contributed by atoms with Crippen molar-refractivity contribution in [2.24, 2.45) is 11.4 Å². The predicted molar refractivity (Wildman–Crippen MR) is 118 cm³/mol. The highest BCUT2D eigenvalue weighted by Crippen LogP contribution is 2.38. The van der Waals surface area contributed by atoms with Crippen molar-refractivity contribution < 1.29 is 8.95 Å². The molecule has 4 rings (SSSR count). The number of aromatic nitrogens is 4. The molecule has 0 spiro atoms. The Labute approximate surface area is 180 Å². The van der Waals surface area contributed by atoms with Crippen LogP contribution in [-0.2, 0) is 17.0 Å². The van der Waals surface area contributed by atoms with E-state index in [4.69, 9.17) is 10.5 Å². The number of ether oxygens (including phenoxy) is 1. The van der Waals surface area contributed by atoms with Crippen molar-refractivity contribution in [2.75, 3.05) is 23.3 Å². The molecule has 0 saturated carbocycles. The lowest BCUT2D eigenvalue weighted by atomic mass is 10.1. The van der Waals surface area contributed by atoms with Crippen LogP contribution in [0.1, 0.15) is 29.8 Å². The minimum absolute atomic E-state index is 0.121. The molecule has 160 valence electrons. The van der Waals surface area contributed by atoms with Gasteiger partial charge in [-0.3, -0.25) is 8.99 Å². The molecule has 0 saturated heterocycles. The molecule has 1 aliphatic heterocycles. The van der Waals surface area contributed by atoms with Crippen molar-refractivity contribution in [3.05, 3.63) is 41.2 Å². The van der Waals surface area contributed by atoms with Gasteiger partial charge < -0.3 is 10.5 Å². The summed E-state index contributed by atoms with van der Waals surface area (Å²) in [7, 11) is 0.292. The van der Waals surface area contributed by atoms with Gasteiger partial charge in [0, 0.05) is 25.9 Å². The lowest BCUT2D eigenvalue weighted by Crippen LogP contribution is -2.26. The van der Waals surface area contributed by atoms with Crippen molar-refractivity contribution in [1.82, 2.24) is 19.7 Å². The first-order valence-corrected chi connectivity index (χ1v) is 11.3. The molecule has 2 N–H and O–H groups in total. The Balaban J connectivity index is 2.10. The Hall–Kier alpha value is -3.65. The maximum Gasteiger partial charge on any atom is 0.258 e. The molecule has 0 amide bonds. The molecule has 2 aromatic heterocycles. The number of hydrogen-bond acceptors (Lipinski definition) is 8. The highest BCUT2D eigenvalue weighted by molar-refractivity contribution is 7.94. The van der Waals surface area contributed by atoms with Crippen molar-refractivity contribution in [2.45, 2.75) is 20.0 Å². The van der Waals surface area contributed by atoms with Crippen molar-refractivity contribution >= 4 is 27.2 Å². The number of rotatable bonds is 0. The lowest BCUT2D eigenvalue weighted by Gasteiger charge is -2.23. The summed E-state index contributed by atoms with van der Waals surface area (Å²) in [5.74, 6) is 0.551. The molecule has 0 aliphatic carbocycles. The Morgan fingerprint density at radius 3 is 2.77 bits per heavy atom. The molecule has 1 aromatic carbocycles. The number of aryl methyl sites for hydroxylation is 2. The highest BCUT2D eigenvalue weighted by Gasteiger charge is 2.28. The molecule has 3 heterocycles. The van der Waals surface area contributed by atoms with E-state index in [9.17, 15) is 9.47 Å². The minimum atomic E-state index is -2.97. The van der Waals surface area contributed by atoms with Gasteiger partial charge in [0.1, 0.15) is 27.8 Å². The van der Waals surface area contributed by atoms with Crippen LogP contribution in [0.15, 0.2) is 28.8 Å². The first-order valence-electron chi connectivity index (χ1n) is 9.45. The van der Waals surface area contributed by atoms with E-state index >= 15 is 0 Å². The molecule has 2 bridgehead atoms. The highest BCUT2D eigenvalue weighted by atomic mass is 32.2. The molecule has 0 fully saturated rings. The maximum absolute atomic E-state index is 13.7. The van der Waals surface area contributed by atoms with Gasteiger partial charge in [-0.1, -0.05) is 17.7 Å². The smallest absolute Gasteiger partial charge is 0.258 e. The number of nitrogen functional groups attached to an aromatic ring is 1. The molecule has 1 aliphatic rings. The third kappa shape index (κ3) is 3.44. The molecule has 1 unspecified atom stereocenters. The second-order valence-electron chi connectivity index (χ2n) is 7.40. The average Bonchev–Trinajstić information content (AvgIpc) is 3.05. The van der Waals surface area contributed by atoms with Gasteiger partial charge >= 0.3 is 0 Å². The third-order valence-corrected chi connectivity index (χ3v) is 6.87. The number of fused-ring (bicyclic) bond motifs is 5. The first-order chi connectivity index (χ1) is 14.6. The van der Waals surface area contributed by atoms with E-state index in [0.717, 1.165) is 11.1 Å². The van der Waals surface area contributed by atoms with E-state index < -0.39 is 16.0 Å². The Bertz CT molecular complexity index is 1360. The number of benzene rings is 1. The largest absolute Gasteiger partial charge is 0.467 e. The van der Waals surface area contributed by atoms with Gasteiger partial charge in [-0.05, 0) is 19.9 Å². The van der Waals surface area contributed by atoms with E-state index in [0.29, 0.717) is 22.8 Å². The van der Waals surface area contributed by atoms with Crippen LogP contribution < -0.4 is 14.8 Å². The zero-order chi connectivity index (χ0) is 22.5. The van der Waals surface area contributed by atoms with Gasteiger partial charge in [0.05, 0.1) is 23.1 Å². The quantitative estimate of drug-likeness (QED) is 0.570. The van der Waals surface area contributed by atoms with Gasteiger partial charge in [0.15, 0.2) is 11.6 Å². The maximum atomic E-state index is 13.7. The van der Waals surface area contributed by atoms with Crippen LogP contribution >= 0.6 is 0 Å². The monoisotopic (exact) mass is 438 g/mol. The fourth-order valence-corrected chi connectivity index (χ4v) is 4.50. The second kappa shape index (κ2) is 7.24. The molecular formula is C20H22N8O2S. The molecule has 2 atom stereocenters. The predicted octanol–water partition coefficient (Wildman–Crippen LogP) is 2.87.